The van der Waals surface area contributed by atoms with Crippen LogP contribution in [0, 0.1) is 25.7 Å². The highest BCUT2D eigenvalue weighted by Crippen LogP contribution is 2.20. The number of alkyl halides is 1. The normalized spacial score (nSPS) is 9.86. The first-order valence-electron chi connectivity index (χ1n) is 6.88. The summed E-state index contributed by atoms with van der Waals surface area (Å²) in [4.78, 5) is 4.17. The molecule has 2 aromatic rings. The van der Waals surface area contributed by atoms with Crippen LogP contribution in [0.5, 0.6) is 5.75 Å². The van der Waals surface area contributed by atoms with Gasteiger partial charge in [-0.05, 0) is 43.2 Å². The number of aryl methyl sites for hydroxylation is 2. The Balaban J connectivity index is 2.14. The van der Waals surface area contributed by atoms with E-state index in [0.29, 0.717) is 18.9 Å². The van der Waals surface area contributed by atoms with Gasteiger partial charge in [0, 0.05) is 30.3 Å². The average Bonchev–Trinajstić information content (AvgIpc) is 2.47. The third-order valence-electron chi connectivity index (χ3n) is 2.90. The Morgan fingerprint density at radius 2 is 2.00 bits per heavy atom. The molecule has 0 aliphatic rings. The molecule has 3 heteroatoms. The molecule has 0 aliphatic heterocycles. The first-order chi connectivity index (χ1) is 10.2. The van der Waals surface area contributed by atoms with Gasteiger partial charge in [0.2, 0.25) is 0 Å². The van der Waals surface area contributed by atoms with Gasteiger partial charge in [0.05, 0.1) is 5.56 Å². The fraction of sp³-hybridized carbons (Fsp3) is 0.278. The van der Waals surface area contributed by atoms with Gasteiger partial charge in [0.1, 0.15) is 12.4 Å². The lowest BCUT2D eigenvalue weighted by Gasteiger charge is -2.09. The van der Waals surface area contributed by atoms with Crippen LogP contribution in [0.1, 0.15) is 28.7 Å². The first kappa shape index (κ1) is 15.4. The van der Waals surface area contributed by atoms with Crippen LogP contribution in [0.2, 0.25) is 0 Å². The molecule has 0 fully saturated rings. The second-order valence-electron chi connectivity index (χ2n) is 4.90. The maximum Gasteiger partial charge on any atom is 0.135 e. The topological polar surface area (TPSA) is 22.1 Å². The van der Waals surface area contributed by atoms with Crippen molar-refractivity contribution >= 4 is 11.6 Å². The molecule has 0 saturated heterocycles. The highest BCUT2D eigenvalue weighted by molar-refractivity contribution is 6.18. The minimum atomic E-state index is 0.488. The van der Waals surface area contributed by atoms with Crippen LogP contribution in [0.15, 0.2) is 36.7 Å². The highest BCUT2D eigenvalue weighted by Gasteiger charge is 2.03. The van der Waals surface area contributed by atoms with Gasteiger partial charge < -0.3 is 4.74 Å². The molecule has 1 aromatic heterocycles. The lowest BCUT2D eigenvalue weighted by molar-refractivity contribution is 0.305. The van der Waals surface area contributed by atoms with E-state index in [-0.39, 0.29) is 0 Å². The molecule has 0 bridgehead atoms. The van der Waals surface area contributed by atoms with Gasteiger partial charge in [-0.1, -0.05) is 17.9 Å². The number of nitrogens with zero attached hydrogens (tertiary/aromatic N) is 1. The number of rotatable bonds is 4. The van der Waals surface area contributed by atoms with Crippen LogP contribution in [0.3, 0.4) is 0 Å². The Kier molecular flexibility index (Phi) is 5.66. The molecule has 108 valence electrons. The lowest BCUT2D eigenvalue weighted by Crippen LogP contribution is -1.98. The molecule has 0 atom stereocenters. The molecule has 0 radical (unpaired) electrons. The summed E-state index contributed by atoms with van der Waals surface area (Å²) >= 11 is 5.65. The molecule has 0 aliphatic carbocycles. The van der Waals surface area contributed by atoms with Crippen molar-refractivity contribution in [2.45, 2.75) is 26.9 Å². The second-order valence-corrected chi connectivity index (χ2v) is 5.28. The summed E-state index contributed by atoms with van der Waals surface area (Å²) in [5.74, 6) is 7.52. The van der Waals surface area contributed by atoms with Crippen LogP contribution >= 0.6 is 11.6 Å². The predicted molar refractivity (Wildman–Crippen MR) is 86.7 cm³/mol. The second kappa shape index (κ2) is 7.71. The molecule has 21 heavy (non-hydrogen) atoms. The molecule has 2 rings (SSSR count). The van der Waals surface area contributed by atoms with E-state index >= 15 is 0 Å². The van der Waals surface area contributed by atoms with Gasteiger partial charge >= 0.3 is 0 Å². The number of hydrogen-bond acceptors (Lipinski definition) is 2. The van der Waals surface area contributed by atoms with Crippen molar-refractivity contribution in [3.63, 3.8) is 0 Å². The van der Waals surface area contributed by atoms with Crippen LogP contribution in [0.25, 0.3) is 0 Å². The Morgan fingerprint density at radius 1 is 1.14 bits per heavy atom. The third kappa shape index (κ3) is 4.81. The van der Waals surface area contributed by atoms with Crippen molar-refractivity contribution in [3.05, 3.63) is 58.9 Å². The summed E-state index contributed by atoms with van der Waals surface area (Å²) < 4.78 is 5.89. The standard InChI is InChI=1S/C18H18ClNO/c1-14-6-7-18(17(10-14)5-3-4-8-19)21-13-16-9-15(2)11-20-12-16/h6-7,9-12H,4,8,13H2,1-2H3. The van der Waals surface area contributed by atoms with E-state index in [4.69, 9.17) is 16.3 Å². The number of benzene rings is 1. The molecule has 1 heterocycles. The molecular weight excluding hydrogens is 282 g/mol. The lowest BCUT2D eigenvalue weighted by atomic mass is 10.1. The van der Waals surface area contributed by atoms with E-state index in [2.05, 4.69) is 22.9 Å². The van der Waals surface area contributed by atoms with E-state index in [9.17, 15) is 0 Å². The number of halogens is 1. The zero-order valence-electron chi connectivity index (χ0n) is 12.3. The summed E-state index contributed by atoms with van der Waals surface area (Å²) in [7, 11) is 0. The fourth-order valence-electron chi connectivity index (χ4n) is 1.93. The van der Waals surface area contributed by atoms with Crippen molar-refractivity contribution in [3.8, 4) is 17.6 Å². The molecule has 1 aromatic carbocycles. The molecule has 0 amide bonds. The van der Waals surface area contributed by atoms with Crippen LogP contribution in [0.4, 0.5) is 0 Å². The van der Waals surface area contributed by atoms with Gasteiger partial charge in [-0.25, -0.2) is 0 Å². The number of ether oxygens (including phenoxy) is 1. The SMILES string of the molecule is Cc1cncc(COc2ccc(C)cc2C#CCCCl)c1. The number of hydrogen-bond donors (Lipinski definition) is 0. The van der Waals surface area contributed by atoms with Gasteiger partial charge in [0.15, 0.2) is 0 Å². The Hall–Kier alpha value is -1.98. The zero-order valence-corrected chi connectivity index (χ0v) is 13.1. The third-order valence-corrected chi connectivity index (χ3v) is 3.09. The molecule has 0 spiro atoms. The van der Waals surface area contributed by atoms with Crippen molar-refractivity contribution in [1.82, 2.24) is 4.98 Å². The van der Waals surface area contributed by atoms with Crippen molar-refractivity contribution < 1.29 is 4.74 Å². The summed E-state index contributed by atoms with van der Waals surface area (Å²) in [6.07, 6.45) is 4.33. The van der Waals surface area contributed by atoms with E-state index in [1.807, 2.05) is 44.4 Å². The van der Waals surface area contributed by atoms with Crippen molar-refractivity contribution in [2.75, 3.05) is 5.88 Å². The van der Waals surface area contributed by atoms with E-state index < -0.39 is 0 Å². The molecule has 0 N–H and O–H groups in total. The van der Waals surface area contributed by atoms with Crippen molar-refractivity contribution in [2.24, 2.45) is 0 Å². The number of pyridine rings is 1. The summed E-state index contributed by atoms with van der Waals surface area (Å²) in [6, 6.07) is 8.09. The van der Waals surface area contributed by atoms with Crippen LogP contribution < -0.4 is 4.74 Å². The Labute approximate surface area is 131 Å². The zero-order chi connectivity index (χ0) is 15.1. The number of aromatic nitrogens is 1. The maximum absolute atomic E-state index is 5.89. The van der Waals surface area contributed by atoms with Crippen molar-refractivity contribution in [1.29, 1.82) is 0 Å². The summed E-state index contributed by atoms with van der Waals surface area (Å²) in [5, 5.41) is 0. The fourth-order valence-corrected chi connectivity index (χ4v) is 2.02. The monoisotopic (exact) mass is 299 g/mol. The highest BCUT2D eigenvalue weighted by atomic mass is 35.5. The van der Waals surface area contributed by atoms with E-state index in [1.165, 1.54) is 0 Å². The smallest absolute Gasteiger partial charge is 0.135 e. The molecular formula is C18H18ClNO. The quantitative estimate of drug-likeness (QED) is 0.622. The van der Waals surface area contributed by atoms with Gasteiger partial charge in [-0.2, -0.15) is 0 Å². The first-order valence-corrected chi connectivity index (χ1v) is 7.41. The summed E-state index contributed by atoms with van der Waals surface area (Å²) in [6.45, 7) is 4.55. The Bertz CT molecular complexity index is 670. The molecule has 0 unspecified atom stereocenters. The van der Waals surface area contributed by atoms with E-state index in [1.54, 1.807) is 0 Å². The van der Waals surface area contributed by atoms with E-state index in [0.717, 1.165) is 28.0 Å². The van der Waals surface area contributed by atoms with Crippen LogP contribution in [-0.4, -0.2) is 10.9 Å². The maximum atomic E-state index is 5.89. The minimum absolute atomic E-state index is 0.488. The average molecular weight is 300 g/mol. The predicted octanol–water partition coefficient (Wildman–Crippen LogP) is 4.26. The minimum Gasteiger partial charge on any atom is -0.488 e. The van der Waals surface area contributed by atoms with Gasteiger partial charge in [-0.15, -0.1) is 11.6 Å². The van der Waals surface area contributed by atoms with Gasteiger partial charge in [-0.3, -0.25) is 4.98 Å². The largest absolute Gasteiger partial charge is 0.488 e. The molecule has 2 nitrogen and oxygen atoms in total. The van der Waals surface area contributed by atoms with Gasteiger partial charge in [0.25, 0.3) is 0 Å². The van der Waals surface area contributed by atoms with Crippen LogP contribution in [-0.2, 0) is 6.61 Å². The summed E-state index contributed by atoms with van der Waals surface area (Å²) in [5.41, 5.74) is 4.24. The Morgan fingerprint density at radius 3 is 2.76 bits per heavy atom. The molecule has 0 saturated carbocycles.